The fourth-order valence-corrected chi connectivity index (χ4v) is 1.32. The number of hydrogen-bond acceptors (Lipinski definition) is 5. The smallest absolute Gasteiger partial charge is 0.183 e. The highest BCUT2D eigenvalue weighted by Crippen LogP contribution is 2.17. The normalized spacial score (nSPS) is 38.6. The summed E-state index contributed by atoms with van der Waals surface area (Å²) in [5.41, 5.74) is 0. The van der Waals surface area contributed by atoms with Gasteiger partial charge in [0.05, 0.1) is 6.61 Å². The molecular formula is C9H18O5. The van der Waals surface area contributed by atoms with E-state index in [1.165, 1.54) is 0 Å². The van der Waals surface area contributed by atoms with Crippen LogP contribution >= 0.6 is 0 Å². The third kappa shape index (κ3) is 2.90. The molecule has 0 aromatic rings. The molecule has 0 spiro atoms. The van der Waals surface area contributed by atoms with Gasteiger partial charge in [-0.3, -0.25) is 0 Å². The maximum Gasteiger partial charge on any atom is 0.183 e. The van der Waals surface area contributed by atoms with Gasteiger partial charge in [-0.1, -0.05) is 13.3 Å². The minimum absolute atomic E-state index is 0.0596. The molecule has 0 radical (unpaired) electrons. The summed E-state index contributed by atoms with van der Waals surface area (Å²) in [7, 11) is 0. The molecule has 0 aliphatic carbocycles. The Morgan fingerprint density at radius 1 is 1.36 bits per heavy atom. The first-order valence-electron chi connectivity index (χ1n) is 4.94. The van der Waals surface area contributed by atoms with Crippen LogP contribution in [0.25, 0.3) is 0 Å². The van der Waals surface area contributed by atoms with E-state index in [1.807, 2.05) is 6.92 Å². The van der Waals surface area contributed by atoms with E-state index in [0.29, 0.717) is 6.61 Å². The fourth-order valence-electron chi connectivity index (χ4n) is 1.32. The lowest BCUT2D eigenvalue weighted by Crippen LogP contribution is -2.54. The van der Waals surface area contributed by atoms with Gasteiger partial charge in [0.1, 0.15) is 18.3 Å². The first-order chi connectivity index (χ1) is 6.66. The highest BCUT2D eigenvalue weighted by molar-refractivity contribution is 4.83. The van der Waals surface area contributed by atoms with Crippen LogP contribution in [0.15, 0.2) is 0 Å². The zero-order valence-electron chi connectivity index (χ0n) is 8.30. The van der Waals surface area contributed by atoms with E-state index in [1.54, 1.807) is 0 Å². The maximum absolute atomic E-state index is 9.49. The Bertz CT molecular complexity index is 163. The second-order valence-electron chi connectivity index (χ2n) is 3.47. The lowest BCUT2D eigenvalue weighted by Gasteiger charge is -2.35. The summed E-state index contributed by atoms with van der Waals surface area (Å²) >= 11 is 0. The summed E-state index contributed by atoms with van der Waals surface area (Å²) in [4.78, 5) is 0. The lowest BCUT2D eigenvalue weighted by molar-refractivity contribution is -0.265. The monoisotopic (exact) mass is 206 g/mol. The van der Waals surface area contributed by atoms with Crippen LogP contribution in [0, 0.1) is 0 Å². The van der Waals surface area contributed by atoms with Crippen molar-refractivity contribution in [1.29, 1.82) is 0 Å². The fraction of sp³-hybridized carbons (Fsp3) is 1.00. The zero-order chi connectivity index (χ0) is 10.6. The van der Waals surface area contributed by atoms with Crippen molar-refractivity contribution in [2.45, 2.75) is 44.4 Å². The first kappa shape index (κ1) is 11.9. The Labute approximate surface area is 83.3 Å². The molecular weight excluding hydrogens is 188 g/mol. The first-order valence-corrected chi connectivity index (χ1v) is 4.94. The molecule has 3 N–H and O–H groups in total. The molecule has 14 heavy (non-hydrogen) atoms. The third-order valence-corrected chi connectivity index (χ3v) is 2.26. The summed E-state index contributed by atoms with van der Waals surface area (Å²) < 4.78 is 10.1. The van der Waals surface area contributed by atoms with Gasteiger partial charge in [0.25, 0.3) is 0 Å². The summed E-state index contributed by atoms with van der Waals surface area (Å²) in [5.74, 6) is 0. The molecule has 0 saturated carbocycles. The number of unbranched alkanes of at least 4 members (excludes halogenated alkanes) is 1. The molecule has 1 heterocycles. The number of hydrogen-bond donors (Lipinski definition) is 3. The number of rotatable bonds is 4. The van der Waals surface area contributed by atoms with Gasteiger partial charge < -0.3 is 24.8 Å². The average molecular weight is 206 g/mol. The molecule has 1 rings (SSSR count). The Kier molecular flexibility index (Phi) is 4.77. The van der Waals surface area contributed by atoms with Gasteiger partial charge in [0.2, 0.25) is 0 Å². The van der Waals surface area contributed by atoms with E-state index in [9.17, 15) is 15.3 Å². The van der Waals surface area contributed by atoms with Crippen LogP contribution in [0.3, 0.4) is 0 Å². The summed E-state index contributed by atoms with van der Waals surface area (Å²) in [5, 5.41) is 28.1. The average Bonchev–Trinajstić information content (AvgIpc) is 2.18. The van der Waals surface area contributed by atoms with Crippen molar-refractivity contribution < 1.29 is 24.8 Å². The Hall–Kier alpha value is -0.200. The number of aliphatic hydroxyl groups is 3. The molecule has 1 aliphatic rings. The molecule has 1 unspecified atom stereocenters. The second kappa shape index (κ2) is 5.63. The second-order valence-corrected chi connectivity index (χ2v) is 3.47. The largest absolute Gasteiger partial charge is 0.388 e. The van der Waals surface area contributed by atoms with Gasteiger partial charge in [-0.15, -0.1) is 0 Å². The third-order valence-electron chi connectivity index (χ3n) is 2.26. The SMILES string of the molecule is CCCCO[C@H]1C(O)OC[C@@H](O)[C@@H]1O. The van der Waals surface area contributed by atoms with Gasteiger partial charge >= 0.3 is 0 Å². The number of ether oxygens (including phenoxy) is 2. The molecule has 5 nitrogen and oxygen atoms in total. The van der Waals surface area contributed by atoms with Gasteiger partial charge in [-0.2, -0.15) is 0 Å². The van der Waals surface area contributed by atoms with Crippen LogP contribution in [0.2, 0.25) is 0 Å². The van der Waals surface area contributed by atoms with Crippen molar-refractivity contribution in [3.05, 3.63) is 0 Å². The van der Waals surface area contributed by atoms with Crippen LogP contribution in [-0.2, 0) is 9.47 Å². The molecule has 5 heteroatoms. The number of aliphatic hydroxyl groups excluding tert-OH is 3. The molecule has 1 fully saturated rings. The molecule has 0 aromatic carbocycles. The zero-order valence-corrected chi connectivity index (χ0v) is 8.30. The molecule has 84 valence electrons. The van der Waals surface area contributed by atoms with Gasteiger partial charge in [-0.05, 0) is 6.42 Å². The van der Waals surface area contributed by atoms with Crippen LogP contribution in [0.4, 0.5) is 0 Å². The van der Waals surface area contributed by atoms with Crippen LogP contribution in [-0.4, -0.2) is 53.1 Å². The molecule has 0 amide bonds. The van der Waals surface area contributed by atoms with E-state index in [-0.39, 0.29) is 6.61 Å². The molecule has 0 aromatic heterocycles. The minimum Gasteiger partial charge on any atom is -0.388 e. The van der Waals surface area contributed by atoms with Crippen LogP contribution in [0.1, 0.15) is 19.8 Å². The lowest BCUT2D eigenvalue weighted by atomic mass is 10.1. The van der Waals surface area contributed by atoms with Crippen molar-refractivity contribution in [2.24, 2.45) is 0 Å². The highest BCUT2D eigenvalue weighted by atomic mass is 16.6. The summed E-state index contributed by atoms with van der Waals surface area (Å²) in [6, 6.07) is 0. The molecule has 1 aliphatic heterocycles. The maximum atomic E-state index is 9.49. The van der Waals surface area contributed by atoms with Gasteiger partial charge in [0, 0.05) is 6.61 Å². The van der Waals surface area contributed by atoms with Crippen molar-refractivity contribution in [2.75, 3.05) is 13.2 Å². The van der Waals surface area contributed by atoms with E-state index in [4.69, 9.17) is 9.47 Å². The topological polar surface area (TPSA) is 79.2 Å². The predicted octanol–water partition coefficient (Wildman–Crippen LogP) is -0.758. The van der Waals surface area contributed by atoms with Gasteiger partial charge in [-0.25, -0.2) is 0 Å². The quantitative estimate of drug-likeness (QED) is 0.527. The van der Waals surface area contributed by atoms with E-state index >= 15 is 0 Å². The van der Waals surface area contributed by atoms with E-state index in [2.05, 4.69) is 0 Å². The van der Waals surface area contributed by atoms with Crippen molar-refractivity contribution in [3.8, 4) is 0 Å². The predicted molar refractivity (Wildman–Crippen MR) is 48.6 cm³/mol. The van der Waals surface area contributed by atoms with E-state index < -0.39 is 24.6 Å². The van der Waals surface area contributed by atoms with Crippen molar-refractivity contribution in [1.82, 2.24) is 0 Å². The Morgan fingerprint density at radius 3 is 2.71 bits per heavy atom. The highest BCUT2D eigenvalue weighted by Gasteiger charge is 2.38. The van der Waals surface area contributed by atoms with E-state index in [0.717, 1.165) is 12.8 Å². The Balaban J connectivity index is 2.37. The van der Waals surface area contributed by atoms with Crippen LogP contribution < -0.4 is 0 Å². The Morgan fingerprint density at radius 2 is 2.07 bits per heavy atom. The summed E-state index contributed by atoms with van der Waals surface area (Å²) in [6.45, 7) is 2.41. The van der Waals surface area contributed by atoms with Crippen LogP contribution in [0.5, 0.6) is 0 Å². The van der Waals surface area contributed by atoms with Crippen molar-refractivity contribution in [3.63, 3.8) is 0 Å². The molecule has 4 atom stereocenters. The standard InChI is InChI=1S/C9H18O5/c1-2-3-4-13-8-7(11)6(10)5-14-9(8)12/h6-12H,2-5H2,1H3/t6-,7+,8-,9?/m1/s1. The molecule has 0 bridgehead atoms. The van der Waals surface area contributed by atoms with Gasteiger partial charge in [0.15, 0.2) is 6.29 Å². The minimum atomic E-state index is -1.15. The summed E-state index contributed by atoms with van der Waals surface area (Å²) in [6.07, 6.45) is -2.22. The van der Waals surface area contributed by atoms with Crippen molar-refractivity contribution >= 4 is 0 Å². The molecule has 1 saturated heterocycles.